The zero-order valence-electron chi connectivity index (χ0n) is 16.8. The number of pyridine rings is 1. The number of nitrogens with one attached hydrogen (secondary N) is 1. The van der Waals surface area contributed by atoms with Crippen LogP contribution in [0.15, 0.2) is 67.3 Å². The lowest BCUT2D eigenvalue weighted by molar-refractivity contribution is -0.117. The van der Waals surface area contributed by atoms with Gasteiger partial charge >= 0.3 is 0 Å². The summed E-state index contributed by atoms with van der Waals surface area (Å²) in [4.78, 5) is 26.9. The third-order valence-electron chi connectivity index (χ3n) is 4.85. The fourth-order valence-corrected chi connectivity index (χ4v) is 3.39. The van der Waals surface area contributed by atoms with Crippen LogP contribution in [0.3, 0.4) is 0 Å². The van der Waals surface area contributed by atoms with E-state index in [9.17, 15) is 9.18 Å². The molecule has 7 nitrogen and oxygen atoms in total. The summed E-state index contributed by atoms with van der Waals surface area (Å²) in [5.74, 6) is 0.474. The fourth-order valence-electron chi connectivity index (χ4n) is 3.39. The summed E-state index contributed by atoms with van der Waals surface area (Å²) in [5, 5.41) is 3.00. The highest BCUT2D eigenvalue weighted by atomic mass is 19.1. The number of piperidine rings is 1. The van der Waals surface area contributed by atoms with E-state index in [1.807, 2.05) is 0 Å². The summed E-state index contributed by atoms with van der Waals surface area (Å²) in [6.45, 7) is 1.51. The van der Waals surface area contributed by atoms with Gasteiger partial charge in [0.15, 0.2) is 11.6 Å². The second-order valence-corrected chi connectivity index (χ2v) is 7.16. The van der Waals surface area contributed by atoms with Crippen molar-refractivity contribution in [3.63, 3.8) is 0 Å². The summed E-state index contributed by atoms with van der Waals surface area (Å²) < 4.78 is 19.8. The molecule has 1 fully saturated rings. The quantitative estimate of drug-likeness (QED) is 0.615. The molecule has 1 saturated heterocycles. The van der Waals surface area contributed by atoms with E-state index < -0.39 is 5.82 Å². The number of amides is 1. The van der Waals surface area contributed by atoms with Crippen molar-refractivity contribution in [1.82, 2.24) is 20.3 Å². The van der Waals surface area contributed by atoms with Crippen LogP contribution < -0.4 is 15.0 Å². The minimum atomic E-state index is -0.516. The third-order valence-corrected chi connectivity index (χ3v) is 4.85. The van der Waals surface area contributed by atoms with Gasteiger partial charge in [0.25, 0.3) is 0 Å². The molecule has 1 atom stereocenters. The highest BCUT2D eigenvalue weighted by Gasteiger charge is 2.22. The van der Waals surface area contributed by atoms with E-state index in [1.165, 1.54) is 24.4 Å². The van der Waals surface area contributed by atoms with Gasteiger partial charge in [0.1, 0.15) is 5.75 Å². The van der Waals surface area contributed by atoms with Crippen LogP contribution in [0.25, 0.3) is 6.08 Å². The molecular weight excluding hydrogens is 397 g/mol. The zero-order chi connectivity index (χ0) is 21.5. The Morgan fingerprint density at radius 1 is 1.19 bits per heavy atom. The van der Waals surface area contributed by atoms with E-state index in [0.29, 0.717) is 23.8 Å². The van der Waals surface area contributed by atoms with Gasteiger partial charge in [0, 0.05) is 43.8 Å². The molecule has 3 aromatic rings. The standard InChI is InChI=1S/C23H22FN5O2/c24-20-14-17(6-8-21(20)31-19-5-1-10-25-15-19)7-9-22(30)28-18-4-2-13-29(16-18)23-26-11-3-12-27-23/h1,3,5-12,14-15,18H,2,4,13,16H2,(H,28,30)/b9-7+. The first kappa shape index (κ1) is 20.5. The lowest BCUT2D eigenvalue weighted by Crippen LogP contribution is -2.47. The molecule has 1 aliphatic heterocycles. The van der Waals surface area contributed by atoms with Crippen LogP contribution in [0, 0.1) is 5.82 Å². The van der Waals surface area contributed by atoms with Gasteiger partial charge in [-0.15, -0.1) is 0 Å². The van der Waals surface area contributed by atoms with E-state index in [4.69, 9.17) is 4.74 Å². The maximum absolute atomic E-state index is 14.3. The summed E-state index contributed by atoms with van der Waals surface area (Å²) in [6.07, 6.45) is 11.4. The van der Waals surface area contributed by atoms with E-state index in [1.54, 1.807) is 48.9 Å². The highest BCUT2D eigenvalue weighted by Crippen LogP contribution is 2.25. The SMILES string of the molecule is O=C(/C=C/c1ccc(Oc2cccnc2)c(F)c1)NC1CCCN(c2ncccn2)C1. The number of benzene rings is 1. The number of anilines is 1. The average Bonchev–Trinajstić information content (AvgIpc) is 2.81. The van der Waals surface area contributed by atoms with Crippen LogP contribution in [0.4, 0.5) is 10.3 Å². The predicted octanol–water partition coefficient (Wildman–Crippen LogP) is 3.60. The largest absolute Gasteiger partial charge is 0.453 e. The van der Waals surface area contributed by atoms with Gasteiger partial charge in [-0.25, -0.2) is 14.4 Å². The van der Waals surface area contributed by atoms with Gasteiger partial charge in [-0.05, 0) is 54.8 Å². The van der Waals surface area contributed by atoms with Gasteiger partial charge in [0.05, 0.1) is 6.20 Å². The number of ether oxygens (including phenoxy) is 1. The molecule has 0 radical (unpaired) electrons. The fraction of sp³-hybridized carbons (Fsp3) is 0.217. The smallest absolute Gasteiger partial charge is 0.244 e. The Labute approximate surface area is 179 Å². The predicted molar refractivity (Wildman–Crippen MR) is 115 cm³/mol. The normalized spacial score (nSPS) is 16.3. The molecular formula is C23H22FN5O2. The van der Waals surface area contributed by atoms with Crippen molar-refractivity contribution < 1.29 is 13.9 Å². The van der Waals surface area contributed by atoms with Gasteiger partial charge in [-0.2, -0.15) is 0 Å². The van der Waals surface area contributed by atoms with Gasteiger partial charge < -0.3 is 15.0 Å². The number of carbonyl (C=O) groups excluding carboxylic acids is 1. The highest BCUT2D eigenvalue weighted by molar-refractivity contribution is 5.92. The minimum absolute atomic E-state index is 0.00157. The van der Waals surface area contributed by atoms with Crippen LogP contribution in [-0.2, 0) is 4.79 Å². The number of aromatic nitrogens is 3. The summed E-state index contributed by atoms with van der Waals surface area (Å²) in [5.41, 5.74) is 0.564. The third kappa shape index (κ3) is 5.63. The van der Waals surface area contributed by atoms with Crippen LogP contribution in [-0.4, -0.2) is 40.0 Å². The van der Waals surface area contributed by atoms with Crippen LogP contribution in [0.5, 0.6) is 11.5 Å². The van der Waals surface area contributed by atoms with Crippen LogP contribution in [0.2, 0.25) is 0 Å². The molecule has 1 amide bonds. The van der Waals surface area contributed by atoms with Crippen LogP contribution in [0.1, 0.15) is 18.4 Å². The van der Waals surface area contributed by atoms with E-state index in [-0.39, 0.29) is 17.7 Å². The maximum Gasteiger partial charge on any atom is 0.244 e. The average molecular weight is 419 g/mol. The van der Waals surface area contributed by atoms with Crippen molar-refractivity contribution in [3.8, 4) is 11.5 Å². The Balaban J connectivity index is 1.33. The van der Waals surface area contributed by atoms with Gasteiger partial charge in [0.2, 0.25) is 11.9 Å². The molecule has 0 aliphatic carbocycles. The Morgan fingerprint density at radius 3 is 2.84 bits per heavy atom. The second-order valence-electron chi connectivity index (χ2n) is 7.16. The second kappa shape index (κ2) is 9.80. The van der Waals surface area contributed by atoms with E-state index in [2.05, 4.69) is 25.2 Å². The Morgan fingerprint density at radius 2 is 2.06 bits per heavy atom. The molecule has 1 aliphatic rings. The number of nitrogens with zero attached hydrogens (tertiary/aromatic N) is 4. The monoisotopic (exact) mass is 419 g/mol. The summed E-state index contributed by atoms with van der Waals surface area (Å²) in [6, 6.07) is 9.72. The molecule has 4 rings (SSSR count). The number of carbonyl (C=O) groups is 1. The van der Waals surface area contributed by atoms with Gasteiger partial charge in [-0.3, -0.25) is 9.78 Å². The van der Waals surface area contributed by atoms with Crippen molar-refractivity contribution in [2.45, 2.75) is 18.9 Å². The zero-order valence-corrected chi connectivity index (χ0v) is 16.8. The van der Waals surface area contributed by atoms with Crippen molar-refractivity contribution in [3.05, 3.63) is 78.6 Å². The minimum Gasteiger partial charge on any atom is -0.453 e. The number of halogens is 1. The Bertz CT molecular complexity index is 1050. The summed E-state index contributed by atoms with van der Waals surface area (Å²) >= 11 is 0. The first-order valence-corrected chi connectivity index (χ1v) is 10.1. The molecule has 3 heterocycles. The summed E-state index contributed by atoms with van der Waals surface area (Å²) in [7, 11) is 0. The topological polar surface area (TPSA) is 80.2 Å². The first-order chi connectivity index (χ1) is 15.2. The molecule has 0 spiro atoms. The lowest BCUT2D eigenvalue weighted by Gasteiger charge is -2.32. The molecule has 1 N–H and O–H groups in total. The first-order valence-electron chi connectivity index (χ1n) is 10.1. The van der Waals surface area contributed by atoms with Gasteiger partial charge in [-0.1, -0.05) is 6.07 Å². The molecule has 158 valence electrons. The molecule has 0 saturated carbocycles. The lowest BCUT2D eigenvalue weighted by atomic mass is 10.1. The Hall–Kier alpha value is -3.81. The molecule has 2 aromatic heterocycles. The van der Waals surface area contributed by atoms with Crippen LogP contribution >= 0.6 is 0 Å². The molecule has 1 aromatic carbocycles. The molecule has 31 heavy (non-hydrogen) atoms. The van der Waals surface area contributed by atoms with Crippen molar-refractivity contribution in [2.24, 2.45) is 0 Å². The molecule has 1 unspecified atom stereocenters. The number of hydrogen-bond donors (Lipinski definition) is 1. The maximum atomic E-state index is 14.3. The molecule has 0 bridgehead atoms. The van der Waals surface area contributed by atoms with E-state index >= 15 is 0 Å². The number of hydrogen-bond acceptors (Lipinski definition) is 6. The van der Waals surface area contributed by atoms with Crippen molar-refractivity contribution in [2.75, 3.05) is 18.0 Å². The van der Waals surface area contributed by atoms with Crippen molar-refractivity contribution >= 4 is 17.9 Å². The van der Waals surface area contributed by atoms with E-state index in [0.717, 1.165) is 19.4 Å². The van der Waals surface area contributed by atoms with Crippen molar-refractivity contribution in [1.29, 1.82) is 0 Å². The number of rotatable bonds is 6. The Kier molecular flexibility index (Phi) is 6.47. The molecule has 8 heteroatoms.